The Balaban J connectivity index is 1.40. The number of nitrogens with zero attached hydrogens (tertiary/aromatic N) is 2. The fourth-order valence-electron chi connectivity index (χ4n) is 4.13. The van der Waals surface area contributed by atoms with Crippen LogP contribution in [0, 0.1) is 0 Å². The van der Waals surface area contributed by atoms with Gasteiger partial charge in [0, 0.05) is 26.2 Å². The minimum absolute atomic E-state index is 0.0490. The van der Waals surface area contributed by atoms with Crippen LogP contribution in [-0.2, 0) is 9.59 Å². The van der Waals surface area contributed by atoms with Gasteiger partial charge in [-0.3, -0.25) is 9.59 Å². The van der Waals surface area contributed by atoms with Gasteiger partial charge in [0.2, 0.25) is 5.91 Å². The van der Waals surface area contributed by atoms with E-state index in [4.69, 9.17) is 4.74 Å². The molecule has 3 aromatic rings. The highest BCUT2D eigenvalue weighted by atomic mass is 16.5. The average Bonchev–Trinajstić information content (AvgIpc) is 2.86. The van der Waals surface area contributed by atoms with Gasteiger partial charge < -0.3 is 19.6 Å². The van der Waals surface area contributed by atoms with E-state index >= 15 is 0 Å². The van der Waals surface area contributed by atoms with Crippen molar-refractivity contribution in [1.29, 1.82) is 0 Å². The van der Waals surface area contributed by atoms with Crippen molar-refractivity contribution in [2.75, 3.05) is 26.2 Å². The zero-order valence-electron chi connectivity index (χ0n) is 18.6. The summed E-state index contributed by atoms with van der Waals surface area (Å²) in [5.74, 6) is 0.236. The molecular weight excluding hydrogens is 416 g/mol. The molecule has 6 nitrogen and oxygen atoms in total. The lowest BCUT2D eigenvalue weighted by Gasteiger charge is -2.37. The number of piperazine rings is 1. The summed E-state index contributed by atoms with van der Waals surface area (Å²) in [7, 11) is 0. The first-order valence-corrected chi connectivity index (χ1v) is 11.2. The van der Waals surface area contributed by atoms with Gasteiger partial charge in [0.05, 0.1) is 5.92 Å². The Hall–Kier alpha value is -3.80. The number of ether oxygens (including phenoxy) is 1. The van der Waals surface area contributed by atoms with Crippen LogP contribution in [0.4, 0.5) is 0 Å². The Labute approximate surface area is 194 Å². The molecule has 0 saturated carbocycles. The second-order valence-electron chi connectivity index (χ2n) is 8.16. The third-order valence-electron chi connectivity index (χ3n) is 5.91. The number of aromatic hydroxyl groups is 1. The van der Waals surface area contributed by atoms with Crippen molar-refractivity contribution >= 4 is 11.8 Å². The van der Waals surface area contributed by atoms with Gasteiger partial charge >= 0.3 is 0 Å². The molecule has 1 saturated heterocycles. The molecule has 1 aliphatic rings. The molecule has 33 heavy (non-hydrogen) atoms. The van der Waals surface area contributed by atoms with Crippen molar-refractivity contribution in [2.24, 2.45) is 0 Å². The van der Waals surface area contributed by atoms with Gasteiger partial charge in [0.15, 0.2) is 6.10 Å². The maximum Gasteiger partial charge on any atom is 0.263 e. The van der Waals surface area contributed by atoms with Gasteiger partial charge in [-0.15, -0.1) is 0 Å². The quantitative estimate of drug-likeness (QED) is 0.630. The highest BCUT2D eigenvalue weighted by Gasteiger charge is 2.32. The summed E-state index contributed by atoms with van der Waals surface area (Å²) in [5, 5.41) is 9.40. The van der Waals surface area contributed by atoms with E-state index in [0.717, 1.165) is 11.1 Å². The molecule has 3 aromatic carbocycles. The SMILES string of the molecule is CC(Oc1ccc(O)cc1)C(=O)N1CCN(C(=O)C(c2ccccc2)c2ccccc2)CC1. The van der Waals surface area contributed by atoms with Gasteiger partial charge in [-0.2, -0.15) is 0 Å². The molecule has 1 aliphatic heterocycles. The second kappa shape index (κ2) is 10.2. The Morgan fingerprint density at radius 2 is 1.18 bits per heavy atom. The predicted octanol–water partition coefficient (Wildman–Crippen LogP) is 3.66. The standard InChI is InChI=1S/C27H28N2O4/c1-20(33-24-14-12-23(30)13-15-24)26(31)28-16-18-29(19-17-28)27(32)25(21-8-4-2-5-9-21)22-10-6-3-7-11-22/h2-15,20,25,30H,16-19H2,1H3. The molecular formula is C27H28N2O4. The van der Waals surface area contributed by atoms with E-state index in [0.29, 0.717) is 31.9 Å². The molecule has 2 amide bonds. The summed E-state index contributed by atoms with van der Waals surface area (Å²) in [6.45, 7) is 3.60. The van der Waals surface area contributed by atoms with E-state index in [1.807, 2.05) is 65.6 Å². The fraction of sp³-hybridized carbons (Fsp3) is 0.259. The van der Waals surface area contributed by atoms with Crippen LogP contribution in [0.2, 0.25) is 0 Å². The number of phenols is 1. The third kappa shape index (κ3) is 5.34. The van der Waals surface area contributed by atoms with E-state index in [2.05, 4.69) is 0 Å². The van der Waals surface area contributed by atoms with Crippen LogP contribution in [0.3, 0.4) is 0 Å². The molecule has 1 unspecified atom stereocenters. The van der Waals surface area contributed by atoms with Gasteiger partial charge in [-0.05, 0) is 42.3 Å². The van der Waals surface area contributed by atoms with Gasteiger partial charge in [-0.1, -0.05) is 60.7 Å². The summed E-state index contributed by atoms with van der Waals surface area (Å²) in [6, 6.07) is 25.9. The topological polar surface area (TPSA) is 70.1 Å². The smallest absolute Gasteiger partial charge is 0.263 e. The second-order valence-corrected chi connectivity index (χ2v) is 8.16. The van der Waals surface area contributed by atoms with E-state index < -0.39 is 6.10 Å². The Bertz CT molecular complexity index is 1020. The first-order chi connectivity index (χ1) is 16.0. The van der Waals surface area contributed by atoms with Crippen LogP contribution in [0.5, 0.6) is 11.5 Å². The van der Waals surface area contributed by atoms with E-state index in [1.54, 1.807) is 24.0 Å². The lowest BCUT2D eigenvalue weighted by Crippen LogP contribution is -2.54. The first kappa shape index (κ1) is 22.4. The van der Waals surface area contributed by atoms with Gasteiger partial charge in [0.25, 0.3) is 5.91 Å². The molecule has 4 rings (SSSR count). The summed E-state index contributed by atoms with van der Waals surface area (Å²) < 4.78 is 5.73. The molecule has 6 heteroatoms. The molecule has 0 aliphatic carbocycles. The minimum atomic E-state index is -0.654. The van der Waals surface area contributed by atoms with Gasteiger partial charge in [0.1, 0.15) is 11.5 Å². The van der Waals surface area contributed by atoms with Crippen molar-refractivity contribution in [3.63, 3.8) is 0 Å². The number of carbonyl (C=O) groups is 2. The summed E-state index contributed by atoms with van der Waals surface area (Å²) in [6.07, 6.45) is -0.654. The number of amides is 2. The lowest BCUT2D eigenvalue weighted by atomic mass is 9.90. The molecule has 0 aromatic heterocycles. The largest absolute Gasteiger partial charge is 0.508 e. The summed E-state index contributed by atoms with van der Waals surface area (Å²) >= 11 is 0. The highest BCUT2D eigenvalue weighted by molar-refractivity contribution is 5.88. The monoisotopic (exact) mass is 444 g/mol. The van der Waals surface area contributed by atoms with Crippen molar-refractivity contribution < 1.29 is 19.4 Å². The molecule has 0 spiro atoms. The molecule has 0 radical (unpaired) electrons. The fourth-order valence-corrected chi connectivity index (χ4v) is 4.13. The van der Waals surface area contributed by atoms with Crippen molar-refractivity contribution in [1.82, 2.24) is 9.80 Å². The van der Waals surface area contributed by atoms with Crippen LogP contribution in [0.25, 0.3) is 0 Å². The van der Waals surface area contributed by atoms with E-state index in [9.17, 15) is 14.7 Å². The number of hydrogen-bond donors (Lipinski definition) is 1. The molecule has 1 heterocycles. The molecule has 1 N–H and O–H groups in total. The van der Waals surface area contributed by atoms with Crippen LogP contribution in [0.1, 0.15) is 24.0 Å². The average molecular weight is 445 g/mol. The highest BCUT2D eigenvalue weighted by Crippen LogP contribution is 2.27. The Morgan fingerprint density at radius 1 is 0.727 bits per heavy atom. The Kier molecular flexibility index (Phi) is 6.93. The molecule has 0 bridgehead atoms. The van der Waals surface area contributed by atoms with E-state index in [1.165, 1.54) is 12.1 Å². The number of hydrogen-bond acceptors (Lipinski definition) is 4. The van der Waals surface area contributed by atoms with Crippen LogP contribution in [-0.4, -0.2) is 59.0 Å². The van der Waals surface area contributed by atoms with E-state index in [-0.39, 0.29) is 23.5 Å². The maximum absolute atomic E-state index is 13.6. The van der Waals surface area contributed by atoms with Crippen molar-refractivity contribution in [3.8, 4) is 11.5 Å². The third-order valence-corrected chi connectivity index (χ3v) is 5.91. The zero-order chi connectivity index (χ0) is 23.2. The van der Waals surface area contributed by atoms with Crippen LogP contribution < -0.4 is 4.74 Å². The zero-order valence-corrected chi connectivity index (χ0v) is 18.6. The number of phenolic OH excluding ortho intramolecular Hbond substituents is 1. The lowest BCUT2D eigenvalue weighted by molar-refractivity contribution is -0.144. The predicted molar refractivity (Wildman–Crippen MR) is 126 cm³/mol. The summed E-state index contributed by atoms with van der Waals surface area (Å²) in [5.41, 5.74) is 1.92. The Morgan fingerprint density at radius 3 is 1.67 bits per heavy atom. The first-order valence-electron chi connectivity index (χ1n) is 11.2. The van der Waals surface area contributed by atoms with Crippen molar-refractivity contribution in [2.45, 2.75) is 18.9 Å². The normalized spacial score (nSPS) is 14.7. The van der Waals surface area contributed by atoms with Crippen LogP contribution in [0.15, 0.2) is 84.9 Å². The van der Waals surface area contributed by atoms with Crippen molar-refractivity contribution in [3.05, 3.63) is 96.1 Å². The van der Waals surface area contributed by atoms with Crippen LogP contribution >= 0.6 is 0 Å². The summed E-state index contributed by atoms with van der Waals surface area (Å²) in [4.78, 5) is 30.0. The number of benzene rings is 3. The number of carbonyl (C=O) groups excluding carboxylic acids is 2. The number of rotatable bonds is 6. The molecule has 170 valence electrons. The molecule has 1 fully saturated rings. The molecule has 1 atom stereocenters. The van der Waals surface area contributed by atoms with Gasteiger partial charge in [-0.25, -0.2) is 0 Å². The minimum Gasteiger partial charge on any atom is -0.508 e. The maximum atomic E-state index is 13.6.